The monoisotopic (exact) mass is 320 g/mol. The largest absolute Gasteiger partial charge is 0.369 e. The minimum Gasteiger partial charge on any atom is -0.369 e. The average Bonchev–Trinajstić information content (AvgIpc) is 2.53. The Morgan fingerprint density at radius 2 is 1.38 bits per heavy atom. The van der Waals surface area contributed by atoms with Gasteiger partial charge in [0.15, 0.2) is 0 Å². The fourth-order valence-electron chi connectivity index (χ4n) is 2.71. The molecular weight excluding hydrogens is 303 g/mol. The maximum absolute atomic E-state index is 6.25. The lowest BCUT2D eigenvalue weighted by Gasteiger charge is -2.36. The molecule has 1 heterocycles. The zero-order chi connectivity index (χ0) is 14.7. The number of anilines is 1. The first-order valence-corrected chi connectivity index (χ1v) is 7.95. The molecule has 0 aliphatic carbocycles. The molecule has 0 saturated carbocycles. The predicted octanol–water partition coefficient (Wildman–Crippen LogP) is 4.32. The molecule has 4 heteroatoms. The maximum atomic E-state index is 6.25. The van der Waals surface area contributed by atoms with Gasteiger partial charge in [0.1, 0.15) is 0 Å². The van der Waals surface area contributed by atoms with Gasteiger partial charge in [0.2, 0.25) is 0 Å². The Kier molecular flexibility index (Phi) is 4.69. The van der Waals surface area contributed by atoms with Crippen molar-refractivity contribution < 1.29 is 0 Å². The molecule has 2 nitrogen and oxygen atoms in total. The van der Waals surface area contributed by atoms with Crippen LogP contribution in [-0.2, 0) is 6.54 Å². The second-order valence-corrected chi connectivity index (χ2v) is 6.11. The zero-order valence-corrected chi connectivity index (χ0v) is 13.3. The minimum atomic E-state index is 0.757. The second kappa shape index (κ2) is 6.69. The second-order valence-electron chi connectivity index (χ2n) is 5.30. The number of piperazine rings is 1. The van der Waals surface area contributed by atoms with Gasteiger partial charge in [-0.2, -0.15) is 0 Å². The van der Waals surface area contributed by atoms with Crippen LogP contribution < -0.4 is 4.90 Å². The first kappa shape index (κ1) is 14.7. The molecule has 2 aromatic rings. The molecule has 21 heavy (non-hydrogen) atoms. The average molecular weight is 321 g/mol. The van der Waals surface area contributed by atoms with Gasteiger partial charge in [-0.1, -0.05) is 47.5 Å². The van der Waals surface area contributed by atoms with Gasteiger partial charge in [0, 0.05) is 54.0 Å². The lowest BCUT2D eigenvalue weighted by Crippen LogP contribution is -2.46. The van der Waals surface area contributed by atoms with Gasteiger partial charge in [-0.15, -0.1) is 0 Å². The molecule has 110 valence electrons. The van der Waals surface area contributed by atoms with Gasteiger partial charge < -0.3 is 4.90 Å². The quantitative estimate of drug-likeness (QED) is 0.831. The fraction of sp³-hybridized carbons (Fsp3) is 0.294. The van der Waals surface area contributed by atoms with Crippen LogP contribution >= 0.6 is 23.2 Å². The summed E-state index contributed by atoms with van der Waals surface area (Å²) in [4.78, 5) is 4.83. The van der Waals surface area contributed by atoms with Crippen LogP contribution in [0.5, 0.6) is 0 Å². The van der Waals surface area contributed by atoms with E-state index in [1.54, 1.807) is 0 Å². The van der Waals surface area contributed by atoms with Crippen molar-refractivity contribution >= 4 is 28.9 Å². The maximum Gasteiger partial charge on any atom is 0.0465 e. The summed E-state index contributed by atoms with van der Waals surface area (Å²) in [6, 6.07) is 16.3. The number of nitrogens with zero attached hydrogens (tertiary/aromatic N) is 2. The van der Waals surface area contributed by atoms with Gasteiger partial charge in [0.05, 0.1) is 0 Å². The summed E-state index contributed by atoms with van der Waals surface area (Å²) in [5.74, 6) is 0. The highest BCUT2D eigenvalue weighted by atomic mass is 35.5. The molecule has 0 bridgehead atoms. The van der Waals surface area contributed by atoms with Crippen LogP contribution in [0.15, 0.2) is 48.5 Å². The van der Waals surface area contributed by atoms with E-state index in [0.717, 1.165) is 48.3 Å². The van der Waals surface area contributed by atoms with E-state index in [1.807, 2.05) is 18.2 Å². The van der Waals surface area contributed by atoms with Crippen LogP contribution in [0.1, 0.15) is 5.56 Å². The number of benzene rings is 2. The van der Waals surface area contributed by atoms with Crippen LogP contribution in [0.2, 0.25) is 10.0 Å². The number of hydrogen-bond donors (Lipinski definition) is 0. The molecule has 0 amide bonds. The minimum absolute atomic E-state index is 0.757. The third-order valence-electron chi connectivity index (χ3n) is 3.94. The van der Waals surface area contributed by atoms with Crippen molar-refractivity contribution in [3.05, 3.63) is 64.1 Å². The Bertz CT molecular complexity index is 573. The molecule has 0 radical (unpaired) electrons. The van der Waals surface area contributed by atoms with Crippen LogP contribution in [0, 0.1) is 0 Å². The lowest BCUT2D eigenvalue weighted by atomic mass is 10.2. The molecule has 0 spiro atoms. The van der Waals surface area contributed by atoms with Gasteiger partial charge in [-0.3, -0.25) is 4.90 Å². The van der Waals surface area contributed by atoms with E-state index in [2.05, 4.69) is 40.1 Å². The Labute approximate surface area is 135 Å². The number of para-hydroxylation sites is 1. The first-order chi connectivity index (χ1) is 10.2. The van der Waals surface area contributed by atoms with Crippen LogP contribution in [0.3, 0.4) is 0 Å². The van der Waals surface area contributed by atoms with E-state index < -0.39 is 0 Å². The number of halogens is 2. The summed E-state index contributed by atoms with van der Waals surface area (Å²) >= 11 is 12.5. The molecule has 0 N–H and O–H groups in total. The topological polar surface area (TPSA) is 6.48 Å². The third kappa shape index (κ3) is 3.52. The van der Waals surface area contributed by atoms with Gasteiger partial charge in [-0.25, -0.2) is 0 Å². The highest BCUT2D eigenvalue weighted by Crippen LogP contribution is 2.26. The van der Waals surface area contributed by atoms with Crippen molar-refractivity contribution in [1.29, 1.82) is 0 Å². The van der Waals surface area contributed by atoms with Crippen molar-refractivity contribution in [3.63, 3.8) is 0 Å². The van der Waals surface area contributed by atoms with Gasteiger partial charge >= 0.3 is 0 Å². The Morgan fingerprint density at radius 1 is 0.762 bits per heavy atom. The van der Waals surface area contributed by atoms with E-state index in [4.69, 9.17) is 23.2 Å². The van der Waals surface area contributed by atoms with E-state index in [9.17, 15) is 0 Å². The highest BCUT2D eigenvalue weighted by molar-refractivity contribution is 6.35. The molecule has 0 aromatic heterocycles. The normalized spacial score (nSPS) is 16.2. The summed E-state index contributed by atoms with van der Waals surface area (Å²) in [5.41, 5.74) is 2.34. The summed E-state index contributed by atoms with van der Waals surface area (Å²) < 4.78 is 0. The molecule has 1 fully saturated rings. The molecule has 1 saturated heterocycles. The highest BCUT2D eigenvalue weighted by Gasteiger charge is 2.18. The Morgan fingerprint density at radius 3 is 2.00 bits per heavy atom. The van der Waals surface area contributed by atoms with E-state index in [1.165, 1.54) is 5.69 Å². The molecule has 0 atom stereocenters. The van der Waals surface area contributed by atoms with Gasteiger partial charge in [-0.05, 0) is 24.3 Å². The van der Waals surface area contributed by atoms with Gasteiger partial charge in [0.25, 0.3) is 0 Å². The molecule has 0 unspecified atom stereocenters. The molecular formula is C17H18Cl2N2. The summed E-state index contributed by atoms with van der Waals surface area (Å²) in [6.07, 6.45) is 0. The van der Waals surface area contributed by atoms with Crippen LogP contribution in [0.4, 0.5) is 5.69 Å². The van der Waals surface area contributed by atoms with Crippen LogP contribution in [-0.4, -0.2) is 31.1 Å². The summed E-state index contributed by atoms with van der Waals surface area (Å²) in [7, 11) is 0. The lowest BCUT2D eigenvalue weighted by molar-refractivity contribution is 0.250. The Balaban J connectivity index is 1.62. The Hall–Kier alpha value is -1.22. The molecule has 2 aromatic carbocycles. The number of hydrogen-bond acceptors (Lipinski definition) is 2. The van der Waals surface area contributed by atoms with Crippen molar-refractivity contribution in [2.75, 3.05) is 31.1 Å². The standard InChI is InChI=1S/C17H18Cl2N2/c18-16-7-4-8-17(19)15(16)13-20-9-11-21(12-10-20)14-5-2-1-3-6-14/h1-8H,9-13H2. The molecule has 3 rings (SSSR count). The van der Waals surface area contributed by atoms with E-state index >= 15 is 0 Å². The summed E-state index contributed by atoms with van der Waals surface area (Å²) in [5, 5.41) is 1.51. The van der Waals surface area contributed by atoms with E-state index in [0.29, 0.717) is 0 Å². The zero-order valence-electron chi connectivity index (χ0n) is 11.8. The predicted molar refractivity (Wildman–Crippen MR) is 90.4 cm³/mol. The van der Waals surface area contributed by atoms with Crippen molar-refractivity contribution in [2.45, 2.75) is 6.54 Å². The molecule has 1 aliphatic rings. The molecule has 1 aliphatic heterocycles. The fourth-order valence-corrected chi connectivity index (χ4v) is 3.23. The summed E-state index contributed by atoms with van der Waals surface area (Å²) in [6.45, 7) is 4.94. The smallest absolute Gasteiger partial charge is 0.0465 e. The first-order valence-electron chi connectivity index (χ1n) is 7.19. The number of rotatable bonds is 3. The van der Waals surface area contributed by atoms with E-state index in [-0.39, 0.29) is 0 Å². The SMILES string of the molecule is Clc1cccc(Cl)c1CN1CCN(c2ccccc2)CC1. The van der Waals surface area contributed by atoms with Crippen molar-refractivity contribution in [3.8, 4) is 0 Å². The third-order valence-corrected chi connectivity index (χ3v) is 4.65. The van der Waals surface area contributed by atoms with Crippen molar-refractivity contribution in [2.24, 2.45) is 0 Å². The van der Waals surface area contributed by atoms with Crippen LogP contribution in [0.25, 0.3) is 0 Å². The van der Waals surface area contributed by atoms with Crippen molar-refractivity contribution in [1.82, 2.24) is 4.90 Å².